The van der Waals surface area contributed by atoms with Crippen LogP contribution in [-0.4, -0.2) is 31.8 Å². The van der Waals surface area contributed by atoms with Crippen molar-refractivity contribution in [2.24, 2.45) is 0 Å². The van der Waals surface area contributed by atoms with Crippen LogP contribution in [0.3, 0.4) is 0 Å². The lowest BCUT2D eigenvalue weighted by Gasteiger charge is -2.12. The molecule has 0 N–H and O–H groups in total. The average molecular weight is 322 g/mol. The molecule has 0 aliphatic carbocycles. The van der Waals surface area contributed by atoms with Gasteiger partial charge < -0.3 is 0 Å². The zero-order valence-corrected chi connectivity index (χ0v) is 13.9. The van der Waals surface area contributed by atoms with Crippen molar-refractivity contribution < 1.29 is 8.42 Å². The number of thioether (sulfide) groups is 1. The summed E-state index contributed by atoms with van der Waals surface area (Å²) >= 11 is 1.59. The van der Waals surface area contributed by atoms with E-state index in [0.29, 0.717) is 10.6 Å². The molecule has 0 amide bonds. The molecule has 0 aliphatic rings. The van der Waals surface area contributed by atoms with Crippen LogP contribution in [0.4, 0.5) is 0 Å². The third kappa shape index (κ3) is 4.06. The number of hydrogen-bond donors (Lipinski definition) is 0. The molecule has 0 atom stereocenters. The lowest BCUT2D eigenvalue weighted by Crippen LogP contribution is -2.22. The van der Waals surface area contributed by atoms with Gasteiger partial charge in [0, 0.05) is 26.0 Å². The molecule has 6 heteroatoms. The smallest absolute Gasteiger partial charge is 0.242 e. The maximum atomic E-state index is 12.1. The fraction of sp³-hybridized carbons (Fsp3) is 0.267. The molecule has 0 saturated carbocycles. The Kier molecular flexibility index (Phi) is 5.03. The van der Waals surface area contributed by atoms with Crippen LogP contribution in [0.5, 0.6) is 0 Å². The summed E-state index contributed by atoms with van der Waals surface area (Å²) in [7, 11) is -0.310. The van der Waals surface area contributed by atoms with Crippen LogP contribution in [0.15, 0.2) is 52.5 Å². The molecular formula is C15H18N2O2S2. The normalized spacial score (nSPS) is 11.8. The van der Waals surface area contributed by atoms with Crippen molar-refractivity contribution in [3.05, 3.63) is 53.7 Å². The van der Waals surface area contributed by atoms with Crippen LogP contribution >= 0.6 is 11.8 Å². The van der Waals surface area contributed by atoms with E-state index >= 15 is 0 Å². The highest BCUT2D eigenvalue weighted by atomic mass is 32.2. The summed E-state index contributed by atoms with van der Waals surface area (Å²) in [6.07, 6.45) is 1.83. The van der Waals surface area contributed by atoms with E-state index in [-0.39, 0.29) is 0 Å². The van der Waals surface area contributed by atoms with Gasteiger partial charge in [0.1, 0.15) is 0 Å². The largest absolute Gasteiger partial charge is 0.250 e. The second-order valence-corrected chi connectivity index (χ2v) is 8.04. The van der Waals surface area contributed by atoms with Crippen molar-refractivity contribution in [3.8, 4) is 0 Å². The molecule has 0 unspecified atom stereocenters. The van der Waals surface area contributed by atoms with Crippen molar-refractivity contribution in [3.63, 3.8) is 0 Å². The SMILES string of the molecule is Cc1ccc(SCc2cccc(S(=O)(=O)N(C)C)c2)nc1. The predicted octanol–water partition coefficient (Wildman–Crippen LogP) is 2.93. The van der Waals surface area contributed by atoms with E-state index in [9.17, 15) is 8.42 Å². The van der Waals surface area contributed by atoms with Crippen molar-refractivity contribution in [2.75, 3.05) is 14.1 Å². The van der Waals surface area contributed by atoms with Gasteiger partial charge in [0.15, 0.2) is 0 Å². The van der Waals surface area contributed by atoms with Gasteiger partial charge in [-0.2, -0.15) is 0 Å². The molecular weight excluding hydrogens is 304 g/mol. The standard InChI is InChI=1S/C15H18N2O2S2/c1-12-7-8-15(16-10-12)20-11-13-5-4-6-14(9-13)21(18,19)17(2)3/h4-10H,11H2,1-3H3. The molecule has 1 heterocycles. The van der Waals surface area contributed by atoms with Crippen LogP contribution in [0, 0.1) is 6.92 Å². The highest BCUT2D eigenvalue weighted by Crippen LogP contribution is 2.23. The van der Waals surface area contributed by atoms with Gasteiger partial charge in [-0.1, -0.05) is 18.2 Å². The number of rotatable bonds is 5. The number of pyridine rings is 1. The molecule has 0 radical (unpaired) electrons. The van der Waals surface area contributed by atoms with Crippen molar-refractivity contribution in [1.82, 2.24) is 9.29 Å². The topological polar surface area (TPSA) is 50.3 Å². The Morgan fingerprint density at radius 2 is 1.95 bits per heavy atom. The van der Waals surface area contributed by atoms with Gasteiger partial charge in [-0.15, -0.1) is 11.8 Å². The maximum Gasteiger partial charge on any atom is 0.242 e. The molecule has 0 spiro atoms. The van der Waals surface area contributed by atoms with E-state index in [4.69, 9.17) is 0 Å². The third-order valence-electron chi connectivity index (χ3n) is 2.95. The quantitative estimate of drug-likeness (QED) is 0.794. The number of aryl methyl sites for hydroxylation is 1. The van der Waals surface area contributed by atoms with Gasteiger partial charge in [-0.25, -0.2) is 17.7 Å². The number of sulfonamides is 1. The predicted molar refractivity (Wildman–Crippen MR) is 85.8 cm³/mol. The monoisotopic (exact) mass is 322 g/mol. The molecule has 1 aromatic heterocycles. The van der Waals surface area contributed by atoms with Gasteiger partial charge in [-0.05, 0) is 36.2 Å². The zero-order chi connectivity index (χ0) is 15.5. The summed E-state index contributed by atoms with van der Waals surface area (Å²) in [6, 6.07) is 11.0. The second-order valence-electron chi connectivity index (χ2n) is 4.90. The van der Waals surface area contributed by atoms with E-state index in [1.54, 1.807) is 30.0 Å². The van der Waals surface area contributed by atoms with E-state index in [1.165, 1.54) is 18.4 Å². The fourth-order valence-corrected chi connectivity index (χ4v) is 3.46. The van der Waals surface area contributed by atoms with Crippen LogP contribution in [0.25, 0.3) is 0 Å². The molecule has 2 rings (SSSR count). The number of hydrogen-bond acceptors (Lipinski definition) is 4. The van der Waals surface area contributed by atoms with Gasteiger partial charge in [0.05, 0.1) is 9.92 Å². The van der Waals surface area contributed by atoms with E-state index in [2.05, 4.69) is 4.98 Å². The summed E-state index contributed by atoms with van der Waals surface area (Å²) < 4.78 is 25.4. The minimum atomic E-state index is -3.38. The van der Waals surface area contributed by atoms with Crippen LogP contribution in [0.1, 0.15) is 11.1 Å². The Morgan fingerprint density at radius 3 is 2.57 bits per heavy atom. The molecule has 1 aromatic carbocycles. The summed E-state index contributed by atoms with van der Waals surface area (Å²) in [5.41, 5.74) is 2.09. The lowest BCUT2D eigenvalue weighted by molar-refractivity contribution is 0.520. The zero-order valence-electron chi connectivity index (χ0n) is 12.3. The Bertz CT molecular complexity index is 711. The minimum absolute atomic E-state index is 0.322. The summed E-state index contributed by atoms with van der Waals surface area (Å²) in [5.74, 6) is 0.687. The van der Waals surface area contributed by atoms with Crippen LogP contribution < -0.4 is 0 Å². The molecule has 4 nitrogen and oxygen atoms in total. The highest BCUT2D eigenvalue weighted by Gasteiger charge is 2.17. The fourth-order valence-electron chi connectivity index (χ4n) is 1.70. The van der Waals surface area contributed by atoms with Crippen molar-refractivity contribution >= 4 is 21.8 Å². The summed E-state index contributed by atoms with van der Waals surface area (Å²) in [6.45, 7) is 2.00. The van der Waals surface area contributed by atoms with E-state index < -0.39 is 10.0 Å². The van der Waals surface area contributed by atoms with Gasteiger partial charge in [0.2, 0.25) is 10.0 Å². The Hall–Kier alpha value is -1.37. The van der Waals surface area contributed by atoms with Crippen molar-refractivity contribution in [1.29, 1.82) is 0 Å². The molecule has 112 valence electrons. The molecule has 0 aliphatic heterocycles. The molecule has 0 bridgehead atoms. The van der Waals surface area contributed by atoms with Crippen LogP contribution in [-0.2, 0) is 15.8 Å². The first kappa shape index (κ1) is 16.0. The van der Waals surface area contributed by atoms with Crippen LogP contribution in [0.2, 0.25) is 0 Å². The van der Waals surface area contributed by atoms with Crippen molar-refractivity contribution in [2.45, 2.75) is 22.6 Å². The number of aromatic nitrogens is 1. The Labute approximate surface area is 130 Å². The second kappa shape index (κ2) is 6.60. The third-order valence-corrected chi connectivity index (χ3v) is 5.77. The highest BCUT2D eigenvalue weighted by molar-refractivity contribution is 7.98. The number of benzene rings is 1. The number of nitrogens with zero attached hydrogens (tertiary/aromatic N) is 2. The first-order valence-electron chi connectivity index (χ1n) is 6.46. The summed E-state index contributed by atoms with van der Waals surface area (Å²) in [5, 5.41) is 0.932. The van der Waals surface area contributed by atoms with Gasteiger partial charge in [-0.3, -0.25) is 0 Å². The van der Waals surface area contributed by atoms with Gasteiger partial charge >= 0.3 is 0 Å². The molecule has 2 aromatic rings. The Morgan fingerprint density at radius 1 is 1.19 bits per heavy atom. The Balaban J connectivity index is 2.13. The molecule has 0 saturated heterocycles. The summed E-state index contributed by atoms with van der Waals surface area (Å²) in [4.78, 5) is 4.65. The molecule has 21 heavy (non-hydrogen) atoms. The minimum Gasteiger partial charge on any atom is -0.250 e. The first-order valence-corrected chi connectivity index (χ1v) is 8.89. The lowest BCUT2D eigenvalue weighted by atomic mass is 10.2. The first-order chi connectivity index (χ1) is 9.89. The van der Waals surface area contributed by atoms with E-state index in [1.807, 2.05) is 31.3 Å². The van der Waals surface area contributed by atoms with Gasteiger partial charge in [0.25, 0.3) is 0 Å². The maximum absolute atomic E-state index is 12.1. The molecule has 0 fully saturated rings. The van der Waals surface area contributed by atoms with E-state index in [0.717, 1.165) is 16.2 Å². The average Bonchev–Trinajstić information content (AvgIpc) is 2.47.